The van der Waals surface area contributed by atoms with Crippen molar-refractivity contribution in [2.75, 3.05) is 73.4 Å². The van der Waals surface area contributed by atoms with Gasteiger partial charge in [-0.25, -0.2) is 9.59 Å². The number of likely N-dealkylation sites (N-methyl/N-ethyl adjacent to an activating group) is 1. The number of phenolic OH excluding ortho intramolecular Hbond substituents is 1. The number of phenols is 1. The van der Waals surface area contributed by atoms with Gasteiger partial charge in [0.05, 0.1) is 37.3 Å². The summed E-state index contributed by atoms with van der Waals surface area (Å²) >= 11 is 0. The van der Waals surface area contributed by atoms with Gasteiger partial charge in [-0.05, 0) is 49.9 Å². The van der Waals surface area contributed by atoms with Crippen LogP contribution in [0, 0.1) is 23.2 Å². The number of primary amides is 1. The van der Waals surface area contributed by atoms with E-state index >= 15 is 0 Å². The predicted octanol–water partition coefficient (Wildman–Crippen LogP) is 0.708. The smallest absolute Gasteiger partial charge is 0.412 e. The number of ether oxygens (including phenoxy) is 4. The molecule has 292 valence electrons. The quantitative estimate of drug-likeness (QED) is 0.0715. The number of carbonyl (C=O) groups is 6. The lowest BCUT2D eigenvalue weighted by atomic mass is 9.54. The van der Waals surface area contributed by atoms with Crippen LogP contribution >= 0.6 is 0 Å². The van der Waals surface area contributed by atoms with Gasteiger partial charge in [0.2, 0.25) is 6.79 Å². The molecule has 0 aromatic heterocycles. The average molecular weight is 747 g/mol. The minimum absolute atomic E-state index is 0.0623. The minimum Gasteiger partial charge on any atom is -0.508 e. The van der Waals surface area contributed by atoms with Crippen molar-refractivity contribution in [2.24, 2.45) is 28.9 Å². The number of fused-ring (bicyclic) bond motifs is 3. The zero-order valence-electron chi connectivity index (χ0n) is 31.4. The average Bonchev–Trinajstić information content (AvgIpc) is 3.04. The van der Waals surface area contributed by atoms with Gasteiger partial charge in [-0.1, -0.05) is 20.8 Å². The molecule has 17 nitrogen and oxygen atoms in total. The van der Waals surface area contributed by atoms with Crippen LogP contribution in [0.3, 0.4) is 0 Å². The fraction of sp³-hybridized carbons (Fsp3) is 0.611. The number of methoxy groups -OCH3 is 1. The number of hydrogen-bond donors (Lipinski definition) is 4. The van der Waals surface area contributed by atoms with E-state index in [4.69, 9.17) is 24.7 Å². The summed E-state index contributed by atoms with van der Waals surface area (Å²) in [7, 11) is 7.98. The summed E-state index contributed by atoms with van der Waals surface area (Å²) in [6, 6.07) is 0.416. The lowest BCUT2D eigenvalue weighted by Gasteiger charge is -2.52. The number of nitrogens with two attached hydrogens (primary N) is 1. The van der Waals surface area contributed by atoms with Crippen molar-refractivity contribution < 1.29 is 63.0 Å². The molecular formula is C36H50N4O13. The topological polar surface area (TPSA) is 236 Å². The second-order valence-electron chi connectivity index (χ2n) is 15.3. The van der Waals surface area contributed by atoms with Gasteiger partial charge >= 0.3 is 12.1 Å². The SMILES string of the molecule is COCCOCC(=O)OCOC(=O)N(Cc1cc(N(C)C)c2c(c1O)C(=O)C1C(=O)[C@]3(O)C(O)=C(C(N)=O)C(=O)[C@@H](N(C)C)C3CC1C2)CC(C)(C)C. The van der Waals surface area contributed by atoms with E-state index in [-0.39, 0.29) is 56.9 Å². The summed E-state index contributed by atoms with van der Waals surface area (Å²) in [5.74, 6) is -10.1. The van der Waals surface area contributed by atoms with Crippen molar-refractivity contribution in [2.45, 2.75) is 51.8 Å². The van der Waals surface area contributed by atoms with Crippen LogP contribution < -0.4 is 10.6 Å². The van der Waals surface area contributed by atoms with Gasteiger partial charge in [-0.15, -0.1) is 0 Å². The summed E-state index contributed by atoms with van der Waals surface area (Å²) in [6.07, 6.45) is -0.859. The monoisotopic (exact) mass is 746 g/mol. The third kappa shape index (κ3) is 8.02. The number of amides is 2. The number of hydrogen-bond acceptors (Lipinski definition) is 15. The van der Waals surface area contributed by atoms with E-state index in [9.17, 15) is 44.1 Å². The number of ketones is 3. The number of esters is 1. The van der Waals surface area contributed by atoms with Gasteiger partial charge < -0.3 is 49.8 Å². The highest BCUT2D eigenvalue weighted by Crippen LogP contribution is 2.53. The first-order chi connectivity index (χ1) is 24.7. The van der Waals surface area contributed by atoms with Crippen molar-refractivity contribution >= 4 is 41.0 Å². The van der Waals surface area contributed by atoms with Gasteiger partial charge in [-0.3, -0.25) is 24.1 Å². The zero-order valence-corrected chi connectivity index (χ0v) is 31.4. The molecule has 53 heavy (non-hydrogen) atoms. The third-order valence-corrected chi connectivity index (χ3v) is 9.80. The number of aromatic hydroxyl groups is 1. The summed E-state index contributed by atoms with van der Waals surface area (Å²) in [5, 5.41) is 34.8. The molecule has 17 heteroatoms. The summed E-state index contributed by atoms with van der Waals surface area (Å²) in [4.78, 5) is 84.2. The Labute approximate surface area is 307 Å². The number of rotatable bonds is 13. The highest BCUT2D eigenvalue weighted by molar-refractivity contribution is 6.25. The Kier molecular flexibility index (Phi) is 12.3. The number of aliphatic hydroxyl groups is 2. The number of benzene rings is 1. The minimum atomic E-state index is -2.79. The van der Waals surface area contributed by atoms with Crippen molar-refractivity contribution in [1.29, 1.82) is 0 Å². The Hall–Kier alpha value is -4.58. The largest absolute Gasteiger partial charge is 0.508 e. The molecule has 1 saturated carbocycles. The molecule has 3 aliphatic carbocycles. The Morgan fingerprint density at radius 1 is 1.02 bits per heavy atom. The van der Waals surface area contributed by atoms with Crippen molar-refractivity contribution in [3.05, 3.63) is 34.1 Å². The predicted molar refractivity (Wildman–Crippen MR) is 187 cm³/mol. The highest BCUT2D eigenvalue weighted by atomic mass is 16.7. The molecule has 3 aliphatic rings. The van der Waals surface area contributed by atoms with E-state index in [1.807, 2.05) is 20.8 Å². The molecule has 5 atom stereocenters. The lowest BCUT2D eigenvalue weighted by Crippen LogP contribution is -2.68. The Bertz CT molecular complexity index is 1700. The summed E-state index contributed by atoms with van der Waals surface area (Å²) in [5.41, 5.74) is 2.13. The molecule has 0 bridgehead atoms. The van der Waals surface area contributed by atoms with Crippen molar-refractivity contribution in [1.82, 2.24) is 9.80 Å². The summed E-state index contributed by atoms with van der Waals surface area (Å²) < 4.78 is 20.1. The molecule has 0 aliphatic heterocycles. The van der Waals surface area contributed by atoms with Gasteiger partial charge in [-0.2, -0.15) is 0 Å². The van der Waals surface area contributed by atoms with E-state index < -0.39 is 94.0 Å². The van der Waals surface area contributed by atoms with Crippen LogP contribution in [0.5, 0.6) is 5.75 Å². The first-order valence-electron chi connectivity index (χ1n) is 17.1. The molecule has 0 radical (unpaired) electrons. The van der Waals surface area contributed by atoms with Crippen LogP contribution in [0.4, 0.5) is 10.5 Å². The number of Topliss-reactive ketones (excluding diaryl/α,β-unsaturated/α-hetero) is 3. The number of carbonyl (C=O) groups excluding carboxylic acids is 6. The van der Waals surface area contributed by atoms with E-state index in [0.717, 1.165) is 0 Å². The number of nitrogens with zero attached hydrogens (tertiary/aromatic N) is 3. The van der Waals surface area contributed by atoms with Crippen LogP contribution in [0.15, 0.2) is 17.4 Å². The number of anilines is 1. The fourth-order valence-corrected chi connectivity index (χ4v) is 7.62. The molecule has 1 aromatic carbocycles. The molecular weight excluding hydrogens is 696 g/mol. The lowest BCUT2D eigenvalue weighted by molar-refractivity contribution is -0.163. The van der Waals surface area contributed by atoms with E-state index in [0.29, 0.717) is 11.3 Å². The molecule has 2 amide bonds. The molecule has 0 saturated heterocycles. The van der Waals surface area contributed by atoms with Crippen LogP contribution in [-0.2, 0) is 51.1 Å². The van der Waals surface area contributed by atoms with Gasteiger partial charge in [0.15, 0.2) is 23.0 Å². The summed E-state index contributed by atoms with van der Waals surface area (Å²) in [6.45, 7) is 4.80. The van der Waals surface area contributed by atoms with E-state index in [2.05, 4.69) is 0 Å². The molecule has 1 fully saturated rings. The highest BCUT2D eigenvalue weighted by Gasteiger charge is 2.66. The third-order valence-electron chi connectivity index (χ3n) is 9.80. The normalized spacial score (nSPS) is 24.0. The number of aliphatic hydroxyl groups excluding tert-OH is 1. The van der Waals surface area contributed by atoms with Crippen LogP contribution in [0.2, 0.25) is 0 Å². The Balaban J connectivity index is 1.71. The molecule has 0 heterocycles. The molecule has 1 aromatic rings. The van der Waals surface area contributed by atoms with Crippen molar-refractivity contribution in [3.63, 3.8) is 0 Å². The van der Waals surface area contributed by atoms with Gasteiger partial charge in [0.25, 0.3) is 5.91 Å². The van der Waals surface area contributed by atoms with Crippen LogP contribution in [-0.4, -0.2) is 141 Å². The molecule has 0 spiro atoms. The van der Waals surface area contributed by atoms with E-state index in [1.165, 1.54) is 31.0 Å². The maximum Gasteiger partial charge on any atom is 0.412 e. The second-order valence-corrected chi connectivity index (χ2v) is 15.3. The van der Waals surface area contributed by atoms with Gasteiger partial charge in [0.1, 0.15) is 23.7 Å². The second kappa shape index (κ2) is 15.8. The molecule has 3 unspecified atom stereocenters. The maximum absolute atomic E-state index is 14.4. The first kappa shape index (κ1) is 41.2. The van der Waals surface area contributed by atoms with Crippen LogP contribution in [0.1, 0.15) is 48.7 Å². The molecule has 5 N–H and O–H groups in total. The van der Waals surface area contributed by atoms with E-state index in [1.54, 1.807) is 25.1 Å². The molecule has 4 rings (SSSR count). The Morgan fingerprint density at radius 2 is 1.68 bits per heavy atom. The first-order valence-corrected chi connectivity index (χ1v) is 17.1. The van der Waals surface area contributed by atoms with Crippen LogP contribution in [0.25, 0.3) is 0 Å². The standard InChI is InChI=1S/C36H50N4O13/c1-35(2,3)16-40(34(48)53-17-52-23(41)15-51-10-9-50-8)14-19-13-22(38(4)5)20-11-18-12-21-27(39(6)7)30(44)26(33(37)47)32(46)36(21,49)31(45)24(18)29(43)25(20)28(19)42/h13,18,21,24,27,42,46,49H,9-12,14-17H2,1-8H3,(H2,37,47)/t18?,21?,24?,27-,36-/m0/s1. The Morgan fingerprint density at radius 3 is 2.25 bits per heavy atom. The zero-order chi connectivity index (χ0) is 39.7. The maximum atomic E-state index is 14.4. The van der Waals surface area contributed by atoms with Gasteiger partial charge in [0, 0.05) is 44.9 Å². The van der Waals surface area contributed by atoms with Crippen molar-refractivity contribution in [3.8, 4) is 5.75 Å². The fourth-order valence-electron chi connectivity index (χ4n) is 7.62.